The molecule has 1 atom stereocenters. The Morgan fingerprint density at radius 2 is 1.60 bits per heavy atom. The minimum atomic E-state index is -3.78. The zero-order chi connectivity index (χ0) is 22.4. The largest absolute Gasteiger partial charge is 0.467 e. The van der Waals surface area contributed by atoms with Crippen molar-refractivity contribution in [3.05, 3.63) is 54.6 Å². The van der Waals surface area contributed by atoms with Crippen molar-refractivity contribution in [3.8, 4) is 11.5 Å². The van der Waals surface area contributed by atoms with Crippen LogP contribution in [0, 0.1) is 5.41 Å². The van der Waals surface area contributed by atoms with E-state index in [0.717, 1.165) is 7.11 Å². The van der Waals surface area contributed by atoms with Gasteiger partial charge in [0.15, 0.2) is 9.84 Å². The first-order valence-electron chi connectivity index (χ1n) is 9.08. The lowest BCUT2D eigenvalue weighted by Gasteiger charge is -2.32. The summed E-state index contributed by atoms with van der Waals surface area (Å²) in [7, 11) is -2.62. The van der Waals surface area contributed by atoms with E-state index in [2.05, 4.69) is 5.32 Å². The van der Waals surface area contributed by atoms with Gasteiger partial charge in [-0.25, -0.2) is 13.2 Å². The van der Waals surface area contributed by atoms with E-state index in [1.54, 1.807) is 38.1 Å². The number of alkyl halides is 1. The third-order valence-electron chi connectivity index (χ3n) is 4.37. The maximum Gasteiger partial charge on any atom is 0.328 e. The lowest BCUT2D eigenvalue weighted by atomic mass is 9.86. The van der Waals surface area contributed by atoms with E-state index in [4.69, 9.17) is 21.1 Å². The number of methoxy groups -OCH3 is 1. The van der Waals surface area contributed by atoms with Gasteiger partial charge in [0.1, 0.15) is 23.4 Å². The Kier molecular flexibility index (Phi) is 7.86. The summed E-state index contributed by atoms with van der Waals surface area (Å²) in [4.78, 5) is 23.9. The van der Waals surface area contributed by atoms with Crippen molar-refractivity contribution in [2.24, 2.45) is 5.41 Å². The van der Waals surface area contributed by atoms with E-state index in [1.807, 2.05) is 18.2 Å². The monoisotopic (exact) mass is 453 g/mol. The number of esters is 1. The van der Waals surface area contributed by atoms with E-state index in [-0.39, 0.29) is 10.8 Å². The Hall–Kier alpha value is -2.58. The molecule has 0 saturated carbocycles. The molecule has 7 nitrogen and oxygen atoms in total. The molecule has 0 spiro atoms. The van der Waals surface area contributed by atoms with E-state index in [1.165, 1.54) is 12.1 Å². The number of halogens is 1. The number of carbonyl (C=O) groups is 2. The molecule has 30 heavy (non-hydrogen) atoms. The van der Waals surface area contributed by atoms with Crippen LogP contribution >= 0.6 is 11.6 Å². The average molecular weight is 454 g/mol. The zero-order valence-corrected chi connectivity index (χ0v) is 18.5. The molecule has 1 amide bonds. The quantitative estimate of drug-likeness (QED) is 0.462. The van der Waals surface area contributed by atoms with E-state index in [0.29, 0.717) is 11.5 Å². The minimum absolute atomic E-state index is 0.0725. The maximum absolute atomic E-state index is 13.0. The highest BCUT2D eigenvalue weighted by molar-refractivity contribution is 7.91. The molecule has 2 rings (SSSR count). The SMILES string of the molecule is COC(=O)C(NC(=O)CCl)C(C)(C)CS(=O)(=O)c1ccc(Oc2ccccc2)cc1. The molecule has 0 aromatic heterocycles. The smallest absolute Gasteiger partial charge is 0.328 e. The van der Waals surface area contributed by atoms with Crippen LogP contribution in [0.4, 0.5) is 0 Å². The third kappa shape index (κ3) is 6.21. The van der Waals surface area contributed by atoms with E-state index in [9.17, 15) is 18.0 Å². The Morgan fingerprint density at radius 1 is 1.03 bits per heavy atom. The van der Waals surface area contributed by atoms with Crippen molar-refractivity contribution in [1.29, 1.82) is 0 Å². The first kappa shape index (κ1) is 23.7. The zero-order valence-electron chi connectivity index (χ0n) is 16.9. The minimum Gasteiger partial charge on any atom is -0.467 e. The number of hydrogen-bond donors (Lipinski definition) is 1. The van der Waals surface area contributed by atoms with Gasteiger partial charge in [0.05, 0.1) is 17.8 Å². The van der Waals surface area contributed by atoms with Crippen LogP contribution in [0.5, 0.6) is 11.5 Å². The molecule has 0 fully saturated rings. The molecule has 2 aromatic carbocycles. The van der Waals surface area contributed by atoms with E-state index >= 15 is 0 Å². The fraction of sp³-hybridized carbons (Fsp3) is 0.333. The van der Waals surface area contributed by atoms with Crippen LogP contribution < -0.4 is 10.1 Å². The molecule has 0 saturated heterocycles. The molecule has 9 heteroatoms. The van der Waals surface area contributed by atoms with Gasteiger partial charge >= 0.3 is 5.97 Å². The molecule has 162 valence electrons. The first-order valence-corrected chi connectivity index (χ1v) is 11.3. The van der Waals surface area contributed by atoms with Gasteiger partial charge in [-0.05, 0) is 36.4 Å². The van der Waals surface area contributed by atoms with Gasteiger partial charge in [-0.15, -0.1) is 11.6 Å². The second-order valence-electron chi connectivity index (χ2n) is 7.29. The summed E-state index contributed by atoms with van der Waals surface area (Å²) in [5.41, 5.74) is -1.16. The molecule has 0 bridgehead atoms. The lowest BCUT2D eigenvalue weighted by Crippen LogP contribution is -2.53. The van der Waals surface area contributed by atoms with Crippen LogP contribution in [-0.2, 0) is 24.2 Å². The molecule has 0 aliphatic heterocycles. The molecule has 0 heterocycles. The Bertz CT molecular complexity index is 974. The third-order valence-corrected chi connectivity index (χ3v) is 6.73. The number of benzene rings is 2. The summed E-state index contributed by atoms with van der Waals surface area (Å²) in [6.07, 6.45) is 0. The fourth-order valence-electron chi connectivity index (χ4n) is 2.89. The Labute approximate surface area is 181 Å². The number of rotatable bonds is 9. The molecule has 0 radical (unpaired) electrons. The van der Waals surface area contributed by atoms with Crippen molar-refractivity contribution in [1.82, 2.24) is 5.32 Å². The molecule has 0 aliphatic carbocycles. The number of para-hydroxylation sites is 1. The predicted octanol–water partition coefficient (Wildman–Crippen LogP) is 3.18. The van der Waals surface area contributed by atoms with Crippen molar-refractivity contribution < 1.29 is 27.5 Å². The van der Waals surface area contributed by atoms with E-state index < -0.39 is 38.9 Å². The van der Waals surface area contributed by atoms with Gasteiger partial charge < -0.3 is 14.8 Å². The Morgan fingerprint density at radius 3 is 2.13 bits per heavy atom. The average Bonchev–Trinajstić information content (AvgIpc) is 2.71. The van der Waals surface area contributed by atoms with Crippen molar-refractivity contribution in [3.63, 3.8) is 0 Å². The summed E-state index contributed by atoms with van der Waals surface area (Å²) in [5, 5.41) is 2.44. The van der Waals surface area contributed by atoms with Crippen LogP contribution in [0.15, 0.2) is 59.5 Å². The number of sulfone groups is 1. The summed E-state index contributed by atoms with van der Waals surface area (Å²) in [6.45, 7) is 3.13. The summed E-state index contributed by atoms with van der Waals surface area (Å²) < 4.78 is 36.3. The highest BCUT2D eigenvalue weighted by Crippen LogP contribution is 2.29. The predicted molar refractivity (Wildman–Crippen MR) is 113 cm³/mol. The van der Waals surface area contributed by atoms with Crippen molar-refractivity contribution in [2.45, 2.75) is 24.8 Å². The number of ether oxygens (including phenoxy) is 2. The van der Waals surface area contributed by atoms with Crippen LogP contribution in [0.3, 0.4) is 0 Å². The normalized spacial score (nSPS) is 12.7. The lowest BCUT2D eigenvalue weighted by molar-refractivity contribution is -0.147. The van der Waals surface area contributed by atoms with Gasteiger partial charge in [0.25, 0.3) is 0 Å². The standard InChI is InChI=1S/C21H24ClNO6S/c1-21(2,19(20(25)28-3)23-18(24)13-22)14-30(26,27)17-11-9-16(10-12-17)29-15-7-5-4-6-8-15/h4-12,19H,13-14H2,1-3H3,(H,23,24). The second-order valence-corrected chi connectivity index (χ2v) is 9.55. The van der Waals surface area contributed by atoms with Crippen LogP contribution in [-0.4, -0.2) is 45.1 Å². The summed E-state index contributed by atoms with van der Waals surface area (Å²) in [5.74, 6) is -0.993. The number of hydrogen-bond acceptors (Lipinski definition) is 6. The van der Waals surface area contributed by atoms with Gasteiger partial charge in [-0.3, -0.25) is 4.79 Å². The fourth-order valence-corrected chi connectivity index (χ4v) is 4.83. The molecular formula is C21H24ClNO6S. The first-order chi connectivity index (χ1) is 14.1. The number of carbonyl (C=O) groups excluding carboxylic acids is 2. The summed E-state index contributed by atoms with van der Waals surface area (Å²) in [6, 6.07) is 13.9. The molecule has 1 N–H and O–H groups in total. The highest BCUT2D eigenvalue weighted by atomic mass is 35.5. The van der Waals surface area contributed by atoms with Gasteiger partial charge in [0, 0.05) is 5.41 Å². The molecular weight excluding hydrogens is 430 g/mol. The van der Waals surface area contributed by atoms with Crippen molar-refractivity contribution in [2.75, 3.05) is 18.7 Å². The van der Waals surface area contributed by atoms with Gasteiger partial charge in [0.2, 0.25) is 5.91 Å². The second kappa shape index (κ2) is 9.95. The maximum atomic E-state index is 13.0. The molecule has 2 aromatic rings. The van der Waals surface area contributed by atoms with Gasteiger partial charge in [-0.2, -0.15) is 0 Å². The van der Waals surface area contributed by atoms with Gasteiger partial charge in [-0.1, -0.05) is 32.0 Å². The Balaban J connectivity index is 2.20. The molecule has 1 unspecified atom stereocenters. The van der Waals surface area contributed by atoms with Crippen LogP contribution in [0.2, 0.25) is 0 Å². The molecule has 0 aliphatic rings. The topological polar surface area (TPSA) is 98.8 Å². The number of nitrogens with one attached hydrogen (secondary N) is 1. The summed E-state index contributed by atoms with van der Waals surface area (Å²) >= 11 is 5.50. The number of amides is 1. The van der Waals surface area contributed by atoms with Crippen LogP contribution in [0.1, 0.15) is 13.8 Å². The van der Waals surface area contributed by atoms with Crippen molar-refractivity contribution >= 4 is 33.3 Å². The highest BCUT2D eigenvalue weighted by Gasteiger charge is 2.41. The van der Waals surface area contributed by atoms with Crippen LogP contribution in [0.25, 0.3) is 0 Å².